The number of pyridine rings is 1. The van der Waals surface area contributed by atoms with Crippen molar-refractivity contribution in [1.82, 2.24) is 4.98 Å². The lowest BCUT2D eigenvalue weighted by atomic mass is 10.1. The Hall–Kier alpha value is -1.80. The number of hydrogen-bond donors (Lipinski definition) is 2. The second-order valence-electron chi connectivity index (χ2n) is 3.99. The number of hydrogen-bond acceptors (Lipinski definition) is 5. The van der Waals surface area contributed by atoms with E-state index < -0.39 is 0 Å². The maximum atomic E-state index is 9.58. The van der Waals surface area contributed by atoms with Gasteiger partial charge in [-0.2, -0.15) is 5.26 Å². The fourth-order valence-corrected chi connectivity index (χ4v) is 1.96. The van der Waals surface area contributed by atoms with Crippen LogP contribution in [0, 0.1) is 11.3 Å². The molecule has 0 spiro atoms. The van der Waals surface area contributed by atoms with Crippen molar-refractivity contribution in [1.29, 1.82) is 5.26 Å². The van der Waals surface area contributed by atoms with E-state index in [1.54, 1.807) is 6.07 Å². The Kier molecular flexibility index (Phi) is 2.93. The molecule has 1 aliphatic rings. The molecule has 0 radical (unpaired) electrons. The van der Waals surface area contributed by atoms with Gasteiger partial charge in [-0.3, -0.25) is 0 Å². The average molecular weight is 218 g/mol. The van der Waals surface area contributed by atoms with Crippen molar-refractivity contribution in [3.63, 3.8) is 0 Å². The van der Waals surface area contributed by atoms with E-state index in [2.05, 4.69) is 11.1 Å². The van der Waals surface area contributed by atoms with E-state index in [0.29, 0.717) is 23.6 Å². The van der Waals surface area contributed by atoms with Crippen LogP contribution in [0.2, 0.25) is 0 Å². The maximum absolute atomic E-state index is 9.58. The minimum Gasteiger partial charge on any atom is -0.397 e. The van der Waals surface area contributed by atoms with Crippen LogP contribution in [0.25, 0.3) is 0 Å². The molecule has 3 N–H and O–H groups in total. The summed E-state index contributed by atoms with van der Waals surface area (Å²) in [6, 6.07) is 3.70. The summed E-state index contributed by atoms with van der Waals surface area (Å²) in [4.78, 5) is 6.11. The highest BCUT2D eigenvalue weighted by Crippen LogP contribution is 2.22. The zero-order chi connectivity index (χ0) is 11.5. The molecule has 0 aromatic carbocycles. The number of nitrogen functional groups attached to an aromatic ring is 1. The van der Waals surface area contributed by atoms with E-state index in [4.69, 9.17) is 11.0 Å². The monoisotopic (exact) mass is 218 g/mol. The number of aliphatic hydroxyl groups is 1. The van der Waals surface area contributed by atoms with Gasteiger partial charge in [0.15, 0.2) is 0 Å². The smallest absolute Gasteiger partial charge is 0.146 e. The summed E-state index contributed by atoms with van der Waals surface area (Å²) in [5.41, 5.74) is 6.53. The first kappa shape index (κ1) is 10.7. The summed E-state index contributed by atoms with van der Waals surface area (Å²) < 4.78 is 0. The molecule has 0 saturated carbocycles. The zero-order valence-electron chi connectivity index (χ0n) is 8.93. The normalized spacial score (nSPS) is 20.5. The summed E-state index contributed by atoms with van der Waals surface area (Å²) in [5.74, 6) is 0.621. The molecule has 2 heterocycles. The Morgan fingerprint density at radius 1 is 1.62 bits per heavy atom. The van der Waals surface area contributed by atoms with E-state index >= 15 is 0 Å². The molecular formula is C11H14N4O. The third-order valence-corrected chi connectivity index (χ3v) is 2.70. The predicted octanol–water partition coefficient (Wildman–Crippen LogP) is 0.497. The summed E-state index contributed by atoms with van der Waals surface area (Å²) in [7, 11) is 0. The standard InChI is InChI=1S/C11H14N4O/c12-5-8-4-9(13)6-14-11(8)15-3-1-2-10(16)7-15/h4,6,10,16H,1-3,7,13H2. The van der Waals surface area contributed by atoms with Crippen molar-refractivity contribution in [2.24, 2.45) is 0 Å². The maximum Gasteiger partial charge on any atom is 0.146 e. The van der Waals surface area contributed by atoms with Gasteiger partial charge in [-0.15, -0.1) is 0 Å². The van der Waals surface area contributed by atoms with Crippen LogP contribution in [0.4, 0.5) is 11.5 Å². The molecule has 1 fully saturated rings. The van der Waals surface area contributed by atoms with Crippen molar-refractivity contribution >= 4 is 11.5 Å². The number of rotatable bonds is 1. The second-order valence-corrected chi connectivity index (χ2v) is 3.99. The van der Waals surface area contributed by atoms with Crippen LogP contribution < -0.4 is 10.6 Å². The molecule has 16 heavy (non-hydrogen) atoms. The van der Waals surface area contributed by atoms with Gasteiger partial charge < -0.3 is 15.7 Å². The van der Waals surface area contributed by atoms with E-state index in [0.717, 1.165) is 19.4 Å². The van der Waals surface area contributed by atoms with Crippen molar-refractivity contribution < 1.29 is 5.11 Å². The first-order chi connectivity index (χ1) is 7.70. The van der Waals surface area contributed by atoms with Gasteiger partial charge in [-0.1, -0.05) is 0 Å². The summed E-state index contributed by atoms with van der Waals surface area (Å²) in [5, 5.41) is 18.6. The van der Waals surface area contributed by atoms with Crippen molar-refractivity contribution in [3.05, 3.63) is 17.8 Å². The molecule has 1 aliphatic heterocycles. The molecule has 1 unspecified atom stereocenters. The molecular weight excluding hydrogens is 204 g/mol. The van der Waals surface area contributed by atoms with Crippen LogP contribution >= 0.6 is 0 Å². The van der Waals surface area contributed by atoms with Gasteiger partial charge in [0.05, 0.1) is 23.6 Å². The van der Waals surface area contributed by atoms with E-state index in [1.807, 2.05) is 4.90 Å². The Bertz CT molecular complexity index is 426. The number of aliphatic hydroxyl groups excluding tert-OH is 1. The summed E-state index contributed by atoms with van der Waals surface area (Å²) in [6.07, 6.45) is 2.93. The highest BCUT2D eigenvalue weighted by Gasteiger charge is 2.21. The lowest BCUT2D eigenvalue weighted by molar-refractivity contribution is 0.154. The fourth-order valence-electron chi connectivity index (χ4n) is 1.96. The molecule has 0 aliphatic carbocycles. The van der Waals surface area contributed by atoms with E-state index in [-0.39, 0.29) is 6.10 Å². The lowest BCUT2D eigenvalue weighted by Crippen LogP contribution is -2.39. The summed E-state index contributed by atoms with van der Waals surface area (Å²) >= 11 is 0. The van der Waals surface area contributed by atoms with E-state index in [1.165, 1.54) is 6.20 Å². The molecule has 5 nitrogen and oxygen atoms in total. The average Bonchev–Trinajstić information content (AvgIpc) is 2.28. The molecule has 0 bridgehead atoms. The number of nitrogens with two attached hydrogens (primary N) is 1. The SMILES string of the molecule is N#Cc1cc(N)cnc1N1CCCC(O)C1. The molecule has 5 heteroatoms. The Labute approximate surface area is 94.1 Å². The van der Waals surface area contributed by atoms with Gasteiger partial charge in [0.1, 0.15) is 11.9 Å². The molecule has 1 aromatic rings. The third-order valence-electron chi connectivity index (χ3n) is 2.70. The van der Waals surface area contributed by atoms with Gasteiger partial charge in [0, 0.05) is 13.1 Å². The van der Waals surface area contributed by atoms with Crippen LogP contribution in [0.15, 0.2) is 12.3 Å². The molecule has 84 valence electrons. The lowest BCUT2D eigenvalue weighted by Gasteiger charge is -2.31. The number of piperidine rings is 1. The van der Waals surface area contributed by atoms with Crippen LogP contribution in [0.1, 0.15) is 18.4 Å². The van der Waals surface area contributed by atoms with Crippen LogP contribution in [-0.2, 0) is 0 Å². The second kappa shape index (κ2) is 4.37. The first-order valence-corrected chi connectivity index (χ1v) is 5.29. The number of nitrogens with zero attached hydrogens (tertiary/aromatic N) is 3. The van der Waals surface area contributed by atoms with Crippen molar-refractivity contribution in [2.75, 3.05) is 23.7 Å². The number of anilines is 2. The highest BCUT2D eigenvalue weighted by molar-refractivity contribution is 5.59. The van der Waals surface area contributed by atoms with Gasteiger partial charge in [0.2, 0.25) is 0 Å². The summed E-state index contributed by atoms with van der Waals surface area (Å²) in [6.45, 7) is 1.36. The van der Waals surface area contributed by atoms with Crippen LogP contribution in [0.3, 0.4) is 0 Å². The van der Waals surface area contributed by atoms with Gasteiger partial charge in [-0.25, -0.2) is 4.98 Å². The van der Waals surface area contributed by atoms with Crippen molar-refractivity contribution in [3.8, 4) is 6.07 Å². The third kappa shape index (κ3) is 2.07. The largest absolute Gasteiger partial charge is 0.397 e. The molecule has 1 saturated heterocycles. The number of β-amino-alcohol motifs (C(OH)–C–C–N with tert-alkyl or cyclic N) is 1. The van der Waals surface area contributed by atoms with Gasteiger partial charge in [-0.05, 0) is 18.9 Å². The Balaban J connectivity index is 2.29. The first-order valence-electron chi connectivity index (χ1n) is 5.29. The highest BCUT2D eigenvalue weighted by atomic mass is 16.3. The zero-order valence-corrected chi connectivity index (χ0v) is 8.93. The van der Waals surface area contributed by atoms with Gasteiger partial charge in [0.25, 0.3) is 0 Å². The molecule has 1 atom stereocenters. The minimum absolute atomic E-state index is 0.334. The minimum atomic E-state index is -0.334. The molecule has 0 amide bonds. The fraction of sp³-hybridized carbons (Fsp3) is 0.455. The van der Waals surface area contributed by atoms with Crippen LogP contribution in [-0.4, -0.2) is 29.3 Å². The van der Waals surface area contributed by atoms with Crippen molar-refractivity contribution in [2.45, 2.75) is 18.9 Å². The Morgan fingerprint density at radius 3 is 3.12 bits per heavy atom. The number of aromatic nitrogens is 1. The quantitative estimate of drug-likeness (QED) is 0.716. The van der Waals surface area contributed by atoms with E-state index in [9.17, 15) is 5.11 Å². The predicted molar refractivity (Wildman–Crippen MR) is 60.8 cm³/mol. The Morgan fingerprint density at radius 2 is 2.44 bits per heavy atom. The molecule has 2 rings (SSSR count). The van der Waals surface area contributed by atoms with Crippen LogP contribution in [0.5, 0.6) is 0 Å². The van der Waals surface area contributed by atoms with Gasteiger partial charge >= 0.3 is 0 Å². The number of nitriles is 1. The molecule has 1 aromatic heterocycles. The topological polar surface area (TPSA) is 86.2 Å².